The molecule has 0 aromatic carbocycles. The lowest BCUT2D eigenvalue weighted by Gasteiger charge is -2.38. The van der Waals surface area contributed by atoms with Crippen molar-refractivity contribution in [1.29, 1.82) is 0 Å². The summed E-state index contributed by atoms with van der Waals surface area (Å²) < 4.78 is 0. The zero-order valence-corrected chi connectivity index (χ0v) is 13.4. The van der Waals surface area contributed by atoms with E-state index < -0.39 is 0 Å². The monoisotopic (exact) mass is 316 g/mol. The van der Waals surface area contributed by atoms with Crippen molar-refractivity contribution in [3.8, 4) is 0 Å². The Labute approximate surface area is 123 Å². The average Bonchev–Trinajstić information content (AvgIpc) is 2.71. The molecular formula is C15H29BrN2. The maximum atomic E-state index is 3.92. The molecule has 0 aromatic heterocycles. The second-order valence-corrected chi connectivity index (χ2v) is 5.56. The predicted molar refractivity (Wildman–Crippen MR) is 84.4 cm³/mol. The van der Waals surface area contributed by atoms with Gasteiger partial charge in [-0.1, -0.05) is 31.8 Å². The lowest BCUT2D eigenvalue weighted by Crippen LogP contribution is -2.48. The molecule has 0 spiro atoms. The summed E-state index contributed by atoms with van der Waals surface area (Å²) in [6, 6.07) is 0. The van der Waals surface area contributed by atoms with E-state index in [-0.39, 0.29) is 17.0 Å². The SMILES string of the molecule is Br.C=CCN1CCCCCC1N1CCCCCC1. The highest BCUT2D eigenvalue weighted by molar-refractivity contribution is 8.93. The Morgan fingerprint density at radius 3 is 2.17 bits per heavy atom. The van der Waals surface area contributed by atoms with E-state index in [4.69, 9.17) is 0 Å². The van der Waals surface area contributed by atoms with Crippen LogP contribution in [0.2, 0.25) is 0 Å². The van der Waals surface area contributed by atoms with E-state index in [1.165, 1.54) is 71.0 Å². The molecule has 0 bridgehead atoms. The lowest BCUT2D eigenvalue weighted by atomic mass is 10.2. The van der Waals surface area contributed by atoms with Crippen LogP contribution in [0.5, 0.6) is 0 Å². The third-order valence-electron chi connectivity index (χ3n) is 4.25. The van der Waals surface area contributed by atoms with Crippen LogP contribution in [0.1, 0.15) is 51.4 Å². The average molecular weight is 317 g/mol. The van der Waals surface area contributed by atoms with Gasteiger partial charge < -0.3 is 0 Å². The first-order valence-electron chi connectivity index (χ1n) is 7.51. The van der Waals surface area contributed by atoms with Crippen LogP contribution in [0.3, 0.4) is 0 Å². The van der Waals surface area contributed by atoms with Gasteiger partial charge in [-0.25, -0.2) is 0 Å². The number of hydrogen-bond donors (Lipinski definition) is 0. The Kier molecular flexibility index (Phi) is 8.20. The van der Waals surface area contributed by atoms with Crippen LogP contribution < -0.4 is 0 Å². The van der Waals surface area contributed by atoms with Gasteiger partial charge in [0.15, 0.2) is 0 Å². The number of rotatable bonds is 3. The number of likely N-dealkylation sites (tertiary alicyclic amines) is 2. The summed E-state index contributed by atoms with van der Waals surface area (Å²) in [5, 5.41) is 0. The molecule has 18 heavy (non-hydrogen) atoms. The quantitative estimate of drug-likeness (QED) is 0.730. The summed E-state index contributed by atoms with van der Waals surface area (Å²) in [7, 11) is 0. The molecule has 0 N–H and O–H groups in total. The Morgan fingerprint density at radius 1 is 0.889 bits per heavy atom. The minimum atomic E-state index is 0. The van der Waals surface area contributed by atoms with Gasteiger partial charge in [0.1, 0.15) is 0 Å². The third-order valence-corrected chi connectivity index (χ3v) is 4.25. The van der Waals surface area contributed by atoms with Gasteiger partial charge in [-0.3, -0.25) is 9.80 Å². The second-order valence-electron chi connectivity index (χ2n) is 5.56. The van der Waals surface area contributed by atoms with E-state index in [0.717, 1.165) is 6.54 Å². The van der Waals surface area contributed by atoms with Crippen molar-refractivity contribution in [2.24, 2.45) is 0 Å². The first-order valence-corrected chi connectivity index (χ1v) is 7.51. The zero-order chi connectivity index (χ0) is 11.9. The Balaban J connectivity index is 0.00000162. The lowest BCUT2D eigenvalue weighted by molar-refractivity contribution is 0.0532. The predicted octanol–water partition coefficient (Wildman–Crippen LogP) is 3.83. The second kappa shape index (κ2) is 9.11. The molecule has 2 rings (SSSR count). The van der Waals surface area contributed by atoms with Crippen molar-refractivity contribution in [3.05, 3.63) is 12.7 Å². The zero-order valence-electron chi connectivity index (χ0n) is 11.6. The van der Waals surface area contributed by atoms with Gasteiger partial charge in [-0.15, -0.1) is 23.6 Å². The van der Waals surface area contributed by atoms with Gasteiger partial charge in [-0.2, -0.15) is 0 Å². The van der Waals surface area contributed by atoms with Crippen LogP contribution >= 0.6 is 17.0 Å². The van der Waals surface area contributed by atoms with E-state index >= 15 is 0 Å². The standard InChI is InChI=1S/C15H28N2.BrH/c1-2-11-16-12-9-5-6-10-15(16)17-13-7-3-4-8-14-17;/h2,15H,1,3-14H2;1H. The summed E-state index contributed by atoms with van der Waals surface area (Å²) in [6.07, 6.45) is 14.0. The fourth-order valence-corrected chi connectivity index (χ4v) is 3.34. The number of hydrogen-bond acceptors (Lipinski definition) is 2. The van der Waals surface area contributed by atoms with Crippen molar-refractivity contribution in [2.45, 2.75) is 57.5 Å². The smallest absolute Gasteiger partial charge is 0.0625 e. The molecule has 2 aliphatic rings. The molecule has 0 aromatic rings. The van der Waals surface area contributed by atoms with Gasteiger partial charge in [0.2, 0.25) is 0 Å². The van der Waals surface area contributed by atoms with Crippen molar-refractivity contribution in [3.63, 3.8) is 0 Å². The van der Waals surface area contributed by atoms with Crippen LogP contribution in [0.15, 0.2) is 12.7 Å². The van der Waals surface area contributed by atoms with E-state index in [1.54, 1.807) is 0 Å². The number of nitrogens with zero attached hydrogens (tertiary/aromatic N) is 2. The van der Waals surface area contributed by atoms with Crippen LogP contribution in [0.25, 0.3) is 0 Å². The van der Waals surface area contributed by atoms with E-state index in [2.05, 4.69) is 22.5 Å². The fourth-order valence-electron chi connectivity index (χ4n) is 3.34. The van der Waals surface area contributed by atoms with Crippen LogP contribution in [0.4, 0.5) is 0 Å². The summed E-state index contributed by atoms with van der Waals surface area (Å²) in [4.78, 5) is 5.41. The molecule has 0 amide bonds. The first kappa shape index (κ1) is 16.2. The third kappa shape index (κ3) is 4.67. The molecule has 2 nitrogen and oxygen atoms in total. The summed E-state index contributed by atoms with van der Waals surface area (Å²) in [5.41, 5.74) is 0. The van der Waals surface area contributed by atoms with Gasteiger partial charge >= 0.3 is 0 Å². The van der Waals surface area contributed by atoms with Crippen LogP contribution in [-0.4, -0.2) is 42.1 Å². The van der Waals surface area contributed by atoms with Gasteiger partial charge in [0.05, 0.1) is 6.17 Å². The number of halogens is 1. The molecule has 2 saturated heterocycles. The van der Waals surface area contributed by atoms with Crippen molar-refractivity contribution in [1.82, 2.24) is 9.80 Å². The molecule has 106 valence electrons. The topological polar surface area (TPSA) is 6.48 Å². The minimum Gasteiger partial charge on any atom is -0.288 e. The normalized spacial score (nSPS) is 27.9. The molecule has 1 unspecified atom stereocenters. The van der Waals surface area contributed by atoms with Crippen molar-refractivity contribution in [2.75, 3.05) is 26.2 Å². The van der Waals surface area contributed by atoms with E-state index in [9.17, 15) is 0 Å². The Bertz CT molecular complexity index is 225. The molecule has 3 heteroatoms. The fraction of sp³-hybridized carbons (Fsp3) is 0.867. The molecular weight excluding hydrogens is 288 g/mol. The maximum Gasteiger partial charge on any atom is 0.0625 e. The van der Waals surface area contributed by atoms with Crippen molar-refractivity contribution >= 4 is 17.0 Å². The molecule has 0 saturated carbocycles. The van der Waals surface area contributed by atoms with Crippen molar-refractivity contribution < 1.29 is 0 Å². The van der Waals surface area contributed by atoms with Crippen LogP contribution in [0, 0.1) is 0 Å². The Morgan fingerprint density at radius 2 is 1.50 bits per heavy atom. The van der Waals surface area contributed by atoms with Gasteiger partial charge in [0.25, 0.3) is 0 Å². The van der Waals surface area contributed by atoms with Gasteiger partial charge in [0, 0.05) is 6.54 Å². The highest BCUT2D eigenvalue weighted by Crippen LogP contribution is 2.22. The highest BCUT2D eigenvalue weighted by Gasteiger charge is 2.26. The molecule has 2 heterocycles. The maximum absolute atomic E-state index is 3.92. The van der Waals surface area contributed by atoms with E-state index in [0.29, 0.717) is 6.17 Å². The minimum absolute atomic E-state index is 0. The summed E-state index contributed by atoms with van der Waals surface area (Å²) in [6.45, 7) is 8.90. The molecule has 2 aliphatic heterocycles. The molecule has 2 fully saturated rings. The Hall–Kier alpha value is 0.140. The summed E-state index contributed by atoms with van der Waals surface area (Å²) in [5.74, 6) is 0. The molecule has 0 radical (unpaired) electrons. The first-order chi connectivity index (χ1) is 8.42. The molecule has 1 atom stereocenters. The highest BCUT2D eigenvalue weighted by atomic mass is 79.9. The van der Waals surface area contributed by atoms with Crippen LogP contribution in [-0.2, 0) is 0 Å². The summed E-state index contributed by atoms with van der Waals surface area (Å²) >= 11 is 0. The molecule has 0 aliphatic carbocycles. The van der Waals surface area contributed by atoms with E-state index in [1.807, 2.05) is 0 Å². The van der Waals surface area contributed by atoms with Gasteiger partial charge in [-0.05, 0) is 45.3 Å². The largest absolute Gasteiger partial charge is 0.288 e.